The summed E-state index contributed by atoms with van der Waals surface area (Å²) in [7, 11) is 0. The van der Waals surface area contributed by atoms with E-state index in [1.807, 2.05) is 0 Å². The molecule has 0 aromatic heterocycles. The molecule has 0 bridgehead atoms. The van der Waals surface area contributed by atoms with Gasteiger partial charge < -0.3 is 14.2 Å². The molecule has 0 rings (SSSR count). The Kier molecular flexibility index (Phi) is 55.8. The first-order chi connectivity index (χ1) is 34.5. The molecule has 0 saturated carbocycles. The molecule has 6 heteroatoms. The van der Waals surface area contributed by atoms with Gasteiger partial charge in [0.1, 0.15) is 13.2 Å². The van der Waals surface area contributed by atoms with E-state index < -0.39 is 6.10 Å². The summed E-state index contributed by atoms with van der Waals surface area (Å²) in [5, 5.41) is 0. The number of hydrogen-bond acceptors (Lipinski definition) is 6. The van der Waals surface area contributed by atoms with Gasteiger partial charge in [-0.15, -0.1) is 0 Å². The third-order valence-corrected chi connectivity index (χ3v) is 13.0. The molecule has 1 atom stereocenters. The largest absolute Gasteiger partial charge is 0.462 e. The lowest BCUT2D eigenvalue weighted by Crippen LogP contribution is -2.30. The summed E-state index contributed by atoms with van der Waals surface area (Å²) >= 11 is 0. The summed E-state index contributed by atoms with van der Waals surface area (Å²) in [5.74, 6) is -0.887. The number of carbonyl (C=O) groups excluding carboxylic acids is 3. The molecule has 1 unspecified atom stereocenters. The van der Waals surface area contributed by atoms with Gasteiger partial charge in [-0.05, 0) is 70.6 Å². The number of esters is 3. The number of hydrogen-bond donors (Lipinski definition) is 0. The van der Waals surface area contributed by atoms with Crippen molar-refractivity contribution in [2.75, 3.05) is 13.2 Å². The number of ether oxygens (including phenoxy) is 3. The zero-order valence-corrected chi connectivity index (χ0v) is 46.3. The van der Waals surface area contributed by atoms with Crippen LogP contribution in [0.5, 0.6) is 0 Å². The fourth-order valence-corrected chi connectivity index (χ4v) is 8.51. The molecular formula is C64H112O6. The van der Waals surface area contributed by atoms with Crippen LogP contribution in [-0.4, -0.2) is 37.2 Å². The minimum absolute atomic E-state index is 0.0772. The van der Waals surface area contributed by atoms with Crippen molar-refractivity contribution in [2.45, 2.75) is 303 Å². The first-order valence-corrected chi connectivity index (χ1v) is 29.9. The second-order valence-corrected chi connectivity index (χ2v) is 19.9. The molecule has 0 heterocycles. The summed E-state index contributed by atoms with van der Waals surface area (Å²) in [6.07, 6.45) is 74.9. The molecule has 0 aromatic rings. The monoisotopic (exact) mass is 977 g/mol. The highest BCUT2D eigenvalue weighted by molar-refractivity contribution is 5.71. The number of unbranched alkanes of at least 4 members (excludes halogenated alkanes) is 31. The van der Waals surface area contributed by atoms with E-state index in [2.05, 4.69) is 93.7 Å². The molecule has 0 aliphatic heterocycles. The van der Waals surface area contributed by atoms with Crippen LogP contribution in [0.1, 0.15) is 297 Å². The van der Waals surface area contributed by atoms with Crippen molar-refractivity contribution in [3.63, 3.8) is 0 Å². The average Bonchev–Trinajstić information content (AvgIpc) is 3.36. The number of allylic oxidation sites excluding steroid dienone is 12. The normalized spacial score (nSPS) is 12.6. The molecule has 0 aromatic carbocycles. The highest BCUT2D eigenvalue weighted by atomic mass is 16.6. The highest BCUT2D eigenvalue weighted by Crippen LogP contribution is 2.17. The van der Waals surface area contributed by atoms with Gasteiger partial charge in [0.05, 0.1) is 0 Å². The van der Waals surface area contributed by atoms with Crippen LogP contribution in [0.15, 0.2) is 72.9 Å². The van der Waals surface area contributed by atoms with Crippen molar-refractivity contribution in [3.05, 3.63) is 72.9 Å². The molecule has 0 fully saturated rings. The van der Waals surface area contributed by atoms with Crippen LogP contribution in [0.4, 0.5) is 0 Å². The van der Waals surface area contributed by atoms with Gasteiger partial charge in [-0.3, -0.25) is 14.4 Å². The van der Waals surface area contributed by atoms with Crippen LogP contribution in [0.3, 0.4) is 0 Å². The average molecular weight is 978 g/mol. The van der Waals surface area contributed by atoms with Gasteiger partial charge in [-0.1, -0.05) is 280 Å². The van der Waals surface area contributed by atoms with Gasteiger partial charge in [-0.2, -0.15) is 0 Å². The summed E-state index contributed by atoms with van der Waals surface area (Å²) in [5.41, 5.74) is 0. The van der Waals surface area contributed by atoms with Crippen LogP contribution in [0, 0.1) is 0 Å². The van der Waals surface area contributed by atoms with E-state index in [0.29, 0.717) is 19.3 Å². The minimum Gasteiger partial charge on any atom is -0.462 e. The van der Waals surface area contributed by atoms with Gasteiger partial charge >= 0.3 is 17.9 Å². The third kappa shape index (κ3) is 55.8. The topological polar surface area (TPSA) is 78.9 Å². The minimum atomic E-state index is -0.777. The molecule has 6 nitrogen and oxygen atoms in total. The summed E-state index contributed by atoms with van der Waals surface area (Å²) < 4.78 is 16.8. The Bertz CT molecular complexity index is 1310. The van der Waals surface area contributed by atoms with Crippen molar-refractivity contribution < 1.29 is 28.6 Å². The van der Waals surface area contributed by atoms with Crippen molar-refractivity contribution in [1.82, 2.24) is 0 Å². The standard InChI is InChI=1S/C64H112O6/c1-4-7-10-13-16-18-20-22-24-26-28-30-31-32-33-34-36-37-39-41-43-45-48-51-54-57-63(66)69-60-61(59-68-62(65)56-53-50-47-15-12-9-6-3)70-64(67)58-55-52-49-46-44-42-40-38-35-29-27-25-23-21-19-17-14-11-8-5-2/h7,10,16,18,22,24,28,30,32-33,36-37,61H,4-6,8-9,11-15,17,19-21,23,25-27,29,31,34-35,38-60H2,1-3H3/b10-7-,18-16-,24-22-,30-28-,33-32-,37-36-. The van der Waals surface area contributed by atoms with Gasteiger partial charge in [0.25, 0.3) is 0 Å². The van der Waals surface area contributed by atoms with E-state index in [4.69, 9.17) is 14.2 Å². The van der Waals surface area contributed by atoms with Crippen molar-refractivity contribution in [1.29, 1.82) is 0 Å². The smallest absolute Gasteiger partial charge is 0.306 e. The fraction of sp³-hybridized carbons (Fsp3) is 0.766. The van der Waals surface area contributed by atoms with E-state index in [1.165, 1.54) is 154 Å². The number of carbonyl (C=O) groups is 3. The van der Waals surface area contributed by atoms with E-state index >= 15 is 0 Å². The van der Waals surface area contributed by atoms with Crippen molar-refractivity contribution >= 4 is 17.9 Å². The van der Waals surface area contributed by atoms with Crippen LogP contribution in [0.2, 0.25) is 0 Å². The number of rotatable bonds is 54. The van der Waals surface area contributed by atoms with E-state index in [-0.39, 0.29) is 31.1 Å². The maximum Gasteiger partial charge on any atom is 0.306 e. The van der Waals surface area contributed by atoms with Gasteiger partial charge in [0.2, 0.25) is 0 Å². The highest BCUT2D eigenvalue weighted by Gasteiger charge is 2.19. The molecule has 70 heavy (non-hydrogen) atoms. The van der Waals surface area contributed by atoms with E-state index in [9.17, 15) is 14.4 Å². The van der Waals surface area contributed by atoms with Gasteiger partial charge in [0, 0.05) is 19.3 Å². The predicted octanol–water partition coefficient (Wildman–Crippen LogP) is 20.2. The fourth-order valence-electron chi connectivity index (χ4n) is 8.51. The molecule has 404 valence electrons. The SMILES string of the molecule is CC/C=C\C/C=C\C/C=C\C/C=C\C/C=C\C/C=C\CCCCCCCCC(=O)OCC(COC(=O)CCCCCCCCC)OC(=O)CCCCCCCCCCCCCCCCCCCCCC. The van der Waals surface area contributed by atoms with E-state index in [0.717, 1.165) is 103 Å². The predicted molar refractivity (Wildman–Crippen MR) is 302 cm³/mol. The molecule has 0 saturated heterocycles. The Morgan fingerprint density at radius 1 is 0.300 bits per heavy atom. The van der Waals surface area contributed by atoms with Crippen LogP contribution in [-0.2, 0) is 28.6 Å². The summed E-state index contributed by atoms with van der Waals surface area (Å²) in [4.78, 5) is 38.0. The summed E-state index contributed by atoms with van der Waals surface area (Å²) in [6, 6.07) is 0. The molecule has 0 amide bonds. The Morgan fingerprint density at radius 3 is 0.871 bits per heavy atom. The zero-order valence-electron chi connectivity index (χ0n) is 46.3. The zero-order chi connectivity index (χ0) is 50.7. The van der Waals surface area contributed by atoms with Gasteiger partial charge in [0.15, 0.2) is 6.10 Å². The van der Waals surface area contributed by atoms with Gasteiger partial charge in [-0.25, -0.2) is 0 Å². The second-order valence-electron chi connectivity index (χ2n) is 19.9. The first-order valence-electron chi connectivity index (χ1n) is 29.9. The molecule has 0 N–H and O–H groups in total. The maximum atomic E-state index is 12.8. The lowest BCUT2D eigenvalue weighted by molar-refractivity contribution is -0.167. The maximum absolute atomic E-state index is 12.8. The molecule has 0 radical (unpaired) electrons. The van der Waals surface area contributed by atoms with Crippen molar-refractivity contribution in [3.8, 4) is 0 Å². The van der Waals surface area contributed by atoms with Crippen LogP contribution < -0.4 is 0 Å². The van der Waals surface area contributed by atoms with Crippen molar-refractivity contribution in [2.24, 2.45) is 0 Å². The van der Waals surface area contributed by atoms with Crippen LogP contribution >= 0.6 is 0 Å². The third-order valence-electron chi connectivity index (χ3n) is 13.0. The Labute approximate surface area is 433 Å². The second kappa shape index (κ2) is 58.4. The molecular weight excluding hydrogens is 865 g/mol. The molecule has 0 aliphatic rings. The quantitative estimate of drug-likeness (QED) is 0.0261. The molecule has 0 aliphatic carbocycles. The Balaban J connectivity index is 4.20. The lowest BCUT2D eigenvalue weighted by atomic mass is 10.0. The summed E-state index contributed by atoms with van der Waals surface area (Å²) in [6.45, 7) is 6.50. The Morgan fingerprint density at radius 2 is 0.557 bits per heavy atom. The first kappa shape index (κ1) is 66.9. The van der Waals surface area contributed by atoms with Crippen LogP contribution in [0.25, 0.3) is 0 Å². The molecule has 0 spiro atoms. The lowest BCUT2D eigenvalue weighted by Gasteiger charge is -2.18. The Hall–Kier alpha value is -3.15. The van der Waals surface area contributed by atoms with E-state index in [1.54, 1.807) is 0 Å².